The van der Waals surface area contributed by atoms with E-state index in [4.69, 9.17) is 23.7 Å². The number of likely N-dealkylation sites (tertiary alicyclic amines) is 1. The van der Waals surface area contributed by atoms with Crippen LogP contribution in [0.15, 0.2) is 40.1 Å². The smallest absolute Gasteiger partial charge is 0.375 e. The lowest BCUT2D eigenvalue weighted by atomic mass is 9.71. The fraction of sp³-hybridized carbons (Fsp3) is 0.600. The Kier molecular flexibility index (Phi) is 13.9. The summed E-state index contributed by atoms with van der Waals surface area (Å²) in [7, 11) is 1.72. The summed E-state index contributed by atoms with van der Waals surface area (Å²) < 4.78 is 31.3. The van der Waals surface area contributed by atoms with Gasteiger partial charge in [0.1, 0.15) is 34.7 Å². The summed E-state index contributed by atoms with van der Waals surface area (Å²) in [5.41, 5.74) is 1.80. The van der Waals surface area contributed by atoms with Crippen molar-refractivity contribution < 1.29 is 53.4 Å². The number of methoxy groups -OCH3 is 1. The Balaban J connectivity index is 1.28. The maximum Gasteiger partial charge on any atom is 0.375 e. The average molecular weight is 869 g/mol. The van der Waals surface area contributed by atoms with Crippen LogP contribution in [0.1, 0.15) is 120 Å². The largest absolute Gasteiger partial charge is 0.489 e. The van der Waals surface area contributed by atoms with Gasteiger partial charge in [0, 0.05) is 55.7 Å². The molecule has 6 atom stereocenters. The molecule has 340 valence electrons. The highest BCUT2D eigenvalue weighted by Gasteiger charge is 2.50. The molecule has 3 fully saturated rings. The molecule has 0 aromatic heterocycles. The molecule has 2 aliphatic carbocycles. The second-order valence-corrected chi connectivity index (χ2v) is 18.3. The second-order valence-electron chi connectivity index (χ2n) is 18.3. The normalized spacial score (nSPS) is 27.0. The summed E-state index contributed by atoms with van der Waals surface area (Å²) in [5.74, 6) is -1.99. The number of fused-ring (bicyclic) bond motifs is 3. The van der Waals surface area contributed by atoms with E-state index in [0.717, 1.165) is 87.0 Å². The number of nitrogens with zero attached hydrogens (tertiary/aromatic N) is 2. The number of hydrogen-bond acceptors (Lipinski definition) is 13. The van der Waals surface area contributed by atoms with E-state index < -0.39 is 42.7 Å². The van der Waals surface area contributed by atoms with Crippen molar-refractivity contribution in [1.29, 1.82) is 0 Å². The Bertz CT molecular complexity index is 2270. The fourth-order valence-corrected chi connectivity index (χ4v) is 11.1. The molecule has 63 heavy (non-hydrogen) atoms. The molecule has 6 aliphatic rings. The first-order chi connectivity index (χ1) is 30.6. The Morgan fingerprint density at radius 3 is 2.60 bits per heavy atom. The van der Waals surface area contributed by atoms with Crippen LogP contribution in [0.2, 0.25) is 0 Å². The molecule has 2 saturated carbocycles. The number of rotatable bonds is 15. The molecule has 0 spiro atoms. The number of hydrogen-bond donors (Lipinski definition) is 3. The molecule has 0 unspecified atom stereocenters. The van der Waals surface area contributed by atoms with Gasteiger partial charge in [0.15, 0.2) is 6.29 Å². The number of aldehydes is 1. The number of aliphatic hydroxyl groups excluding tert-OH is 2. The quantitative estimate of drug-likeness (QED) is 0.127. The van der Waals surface area contributed by atoms with Crippen LogP contribution in [0, 0.1) is 11.8 Å². The zero-order valence-electron chi connectivity index (χ0n) is 37.3. The number of ketones is 1. The monoisotopic (exact) mass is 868 g/mol. The second kappa shape index (κ2) is 19.4. The summed E-state index contributed by atoms with van der Waals surface area (Å²) in [4.78, 5) is 48.6. The summed E-state index contributed by atoms with van der Waals surface area (Å²) in [5, 5.41) is 36.6. The van der Waals surface area contributed by atoms with E-state index in [9.17, 15) is 29.7 Å². The van der Waals surface area contributed by atoms with E-state index in [1.807, 2.05) is 31.2 Å². The van der Waals surface area contributed by atoms with Crippen molar-refractivity contribution in [1.82, 2.24) is 4.90 Å². The van der Waals surface area contributed by atoms with Gasteiger partial charge >= 0.3 is 5.97 Å². The van der Waals surface area contributed by atoms with Gasteiger partial charge < -0.3 is 43.9 Å². The van der Waals surface area contributed by atoms with Crippen molar-refractivity contribution in [3.63, 3.8) is 0 Å². The Morgan fingerprint density at radius 1 is 1.08 bits per heavy atom. The van der Waals surface area contributed by atoms with Gasteiger partial charge in [-0.05, 0) is 113 Å². The van der Waals surface area contributed by atoms with Gasteiger partial charge in [-0.3, -0.25) is 14.6 Å². The van der Waals surface area contributed by atoms with E-state index in [1.54, 1.807) is 14.0 Å². The van der Waals surface area contributed by atoms with Crippen molar-refractivity contribution in [2.24, 2.45) is 16.8 Å². The minimum absolute atomic E-state index is 0.0132. The van der Waals surface area contributed by atoms with Gasteiger partial charge in [-0.1, -0.05) is 31.1 Å². The Morgan fingerprint density at radius 2 is 1.89 bits per heavy atom. The molecule has 3 N–H and O–H groups in total. The number of benzene rings is 2. The highest BCUT2D eigenvalue weighted by molar-refractivity contribution is 6.11. The number of allylic oxidation sites excluding steroid dienone is 3. The molecule has 2 aromatic rings. The lowest BCUT2D eigenvalue weighted by molar-refractivity contribution is -0.141. The molecule has 13 nitrogen and oxygen atoms in total. The molecule has 0 radical (unpaired) electrons. The molecule has 8 rings (SSSR count). The third kappa shape index (κ3) is 8.64. The molecule has 1 saturated heterocycles. The minimum atomic E-state index is -1.28. The fourth-order valence-electron chi connectivity index (χ4n) is 11.1. The predicted molar refractivity (Wildman–Crippen MR) is 235 cm³/mol. The lowest BCUT2D eigenvalue weighted by Gasteiger charge is -2.46. The summed E-state index contributed by atoms with van der Waals surface area (Å²) in [6.07, 6.45) is 10.4. The first kappa shape index (κ1) is 45.2. The van der Waals surface area contributed by atoms with Gasteiger partial charge in [-0.25, -0.2) is 4.79 Å². The third-order valence-electron chi connectivity index (χ3n) is 14.6. The molecule has 4 aliphatic heterocycles. The Labute approximate surface area is 369 Å². The van der Waals surface area contributed by atoms with Crippen LogP contribution < -0.4 is 24.8 Å². The molecular formula is C50H64N2O11. The number of Topliss-reactive ketones (excluding diaryl/α,β-unsaturated/α-hetero) is 1. The van der Waals surface area contributed by atoms with Gasteiger partial charge in [-0.15, -0.1) is 0 Å². The zero-order valence-corrected chi connectivity index (χ0v) is 37.3. The van der Waals surface area contributed by atoms with E-state index in [-0.39, 0.29) is 72.4 Å². The Hall–Kier alpha value is -4.40. The van der Waals surface area contributed by atoms with Crippen molar-refractivity contribution in [2.45, 2.75) is 134 Å². The predicted octanol–water partition coefficient (Wildman–Crippen LogP) is 4.80. The maximum atomic E-state index is 14.2. The van der Waals surface area contributed by atoms with Crippen molar-refractivity contribution in [3.05, 3.63) is 67.9 Å². The van der Waals surface area contributed by atoms with Crippen molar-refractivity contribution in [3.8, 4) is 17.2 Å². The van der Waals surface area contributed by atoms with Gasteiger partial charge in [0.25, 0.3) is 0 Å². The first-order valence-corrected chi connectivity index (χ1v) is 23.2. The number of carbonyl (C=O) groups excluding carboxylic acids is 3. The van der Waals surface area contributed by atoms with Crippen LogP contribution in [0.5, 0.6) is 17.2 Å². The molecule has 13 heteroatoms. The maximum absolute atomic E-state index is 14.2. The van der Waals surface area contributed by atoms with E-state index in [2.05, 4.69) is 16.8 Å². The average Bonchev–Trinajstić information content (AvgIpc) is 3.97. The molecule has 4 heterocycles. The minimum Gasteiger partial charge on any atom is -0.489 e. The van der Waals surface area contributed by atoms with Gasteiger partial charge in [-0.2, -0.15) is 0 Å². The summed E-state index contributed by atoms with van der Waals surface area (Å²) >= 11 is 0. The van der Waals surface area contributed by atoms with Crippen LogP contribution in [0.25, 0.3) is 11.6 Å². The van der Waals surface area contributed by atoms with E-state index >= 15 is 0 Å². The molecule has 0 bridgehead atoms. The van der Waals surface area contributed by atoms with Crippen LogP contribution in [0.4, 0.5) is 0 Å². The molecular weight excluding hydrogens is 805 g/mol. The van der Waals surface area contributed by atoms with Crippen LogP contribution in [-0.2, 0) is 36.9 Å². The van der Waals surface area contributed by atoms with Crippen molar-refractivity contribution >= 4 is 29.7 Å². The van der Waals surface area contributed by atoms with E-state index in [1.165, 1.54) is 0 Å². The van der Waals surface area contributed by atoms with Gasteiger partial charge in [0.2, 0.25) is 5.76 Å². The van der Waals surface area contributed by atoms with Crippen LogP contribution in [0.3, 0.4) is 0 Å². The zero-order chi connectivity index (χ0) is 44.4. The van der Waals surface area contributed by atoms with Crippen LogP contribution in [-0.4, -0.2) is 109 Å². The summed E-state index contributed by atoms with van der Waals surface area (Å²) in [6.45, 7) is 7.78. The van der Waals surface area contributed by atoms with Crippen molar-refractivity contribution in [2.75, 3.05) is 46.6 Å². The number of piperidine rings is 1. The first-order valence-electron chi connectivity index (χ1n) is 23.2. The standard InChI is InChI=1S/C50H64N2O11/c1-5-34-24-33(16-19-52(34)18-10-20-59-4)50(3,58)41-25-37-45(62-41)39(28-55)47-43(46(37)61-35-11-8-7-9-12-35)42(38(27-54)48(63-47)49(57)60-6-2)31-22-32(26-53)44(56)36(23-31)29-13-14-40-30(21-29)15-17-51-40/h13-15,21,27,32-36,41,53,55,58H,5-12,16-20,22-26,28H2,1-4H3/t32-,33-,34+,36+,41+,50-/m1/s1. The number of aliphatic hydroxyl groups is 3. The molecule has 2 aromatic carbocycles. The highest BCUT2D eigenvalue weighted by atomic mass is 16.6. The third-order valence-corrected chi connectivity index (χ3v) is 14.6. The van der Waals surface area contributed by atoms with Crippen LogP contribution >= 0.6 is 0 Å². The topological polar surface area (TPSA) is 174 Å². The number of esters is 1. The molecule has 0 amide bonds. The summed E-state index contributed by atoms with van der Waals surface area (Å²) in [6, 6.07) is 6.07. The van der Waals surface area contributed by atoms with E-state index in [0.29, 0.717) is 53.2 Å². The lowest BCUT2D eigenvalue weighted by Crippen LogP contribution is -2.54. The number of ether oxygens (including phenoxy) is 5. The SMILES string of the molecule is CCOC(=O)C1=C(C=O)C(=C2C[C@H](CO)C(=O)[C@H](c3ccc4c(c3)=CCN=4)C2)c2c(c(CO)c3c(c2OC2CCCCC2)C[C@@H]([C@](C)(O)[C@@H]2CCN(CCCOC)[C@@H](CC)C2)O3)O1. The highest BCUT2D eigenvalue weighted by Crippen LogP contribution is 2.57. The van der Waals surface area contributed by atoms with Gasteiger partial charge in [0.05, 0.1) is 54.5 Å². The number of carbonyl (C=O) groups is 3.